The van der Waals surface area contributed by atoms with Gasteiger partial charge in [-0.15, -0.1) is 24.0 Å². The zero-order chi connectivity index (χ0) is 14.9. The van der Waals surface area contributed by atoms with Gasteiger partial charge in [0, 0.05) is 26.2 Å². The smallest absolute Gasteiger partial charge is 0.410 e. The quantitative estimate of drug-likeness (QED) is 0.407. The highest BCUT2D eigenvalue weighted by atomic mass is 127. The molecule has 1 amide bonds. The van der Waals surface area contributed by atoms with Gasteiger partial charge in [0.2, 0.25) is 0 Å². The van der Waals surface area contributed by atoms with Crippen LogP contribution in [-0.2, 0) is 4.74 Å². The first kappa shape index (κ1) is 21.6. The van der Waals surface area contributed by atoms with Gasteiger partial charge in [-0.1, -0.05) is 6.92 Å². The molecule has 20 heavy (non-hydrogen) atoms. The number of aliphatic imine (C=N–C) groups is 1. The van der Waals surface area contributed by atoms with E-state index >= 15 is 0 Å². The van der Waals surface area contributed by atoms with Crippen molar-refractivity contribution >= 4 is 36.0 Å². The van der Waals surface area contributed by atoms with Crippen LogP contribution in [0.4, 0.5) is 4.79 Å². The molecule has 7 heteroatoms. The monoisotopic (exact) mass is 400 g/mol. The summed E-state index contributed by atoms with van der Waals surface area (Å²) in [6, 6.07) is 0. The van der Waals surface area contributed by atoms with E-state index in [9.17, 15) is 4.79 Å². The summed E-state index contributed by atoms with van der Waals surface area (Å²) < 4.78 is 5.31. The summed E-state index contributed by atoms with van der Waals surface area (Å²) in [4.78, 5) is 17.6. The van der Waals surface area contributed by atoms with E-state index in [2.05, 4.69) is 10.3 Å². The lowest BCUT2D eigenvalue weighted by Gasteiger charge is -2.26. The maximum absolute atomic E-state index is 11.9. The van der Waals surface area contributed by atoms with Crippen LogP contribution in [0.5, 0.6) is 0 Å². The number of amides is 1. The van der Waals surface area contributed by atoms with Crippen LogP contribution in [0.1, 0.15) is 41.0 Å². The molecule has 0 aliphatic carbocycles. The number of halogens is 1. The molecule has 3 N–H and O–H groups in total. The van der Waals surface area contributed by atoms with Gasteiger partial charge in [-0.05, 0) is 34.1 Å². The van der Waals surface area contributed by atoms with E-state index in [0.29, 0.717) is 32.1 Å². The van der Waals surface area contributed by atoms with Crippen LogP contribution < -0.4 is 11.1 Å². The van der Waals surface area contributed by atoms with Crippen LogP contribution in [0.25, 0.3) is 0 Å². The molecule has 0 aliphatic heterocycles. The van der Waals surface area contributed by atoms with E-state index in [1.807, 2.05) is 34.6 Å². The topological polar surface area (TPSA) is 80.0 Å². The molecule has 0 aliphatic rings. The number of carbonyl (C=O) groups is 1. The Morgan fingerprint density at radius 3 is 2.40 bits per heavy atom. The molecule has 0 saturated carbocycles. The second kappa shape index (κ2) is 11.0. The number of nitrogens with one attached hydrogen (secondary N) is 1. The molecule has 0 rings (SSSR count). The lowest BCUT2D eigenvalue weighted by molar-refractivity contribution is 0.0264. The second-order valence-electron chi connectivity index (χ2n) is 5.25. The van der Waals surface area contributed by atoms with Crippen molar-refractivity contribution in [1.29, 1.82) is 0 Å². The molecular weight excluding hydrogens is 371 g/mol. The summed E-state index contributed by atoms with van der Waals surface area (Å²) in [7, 11) is 0. The molecule has 0 heterocycles. The van der Waals surface area contributed by atoms with Crippen molar-refractivity contribution in [3.63, 3.8) is 0 Å². The standard InChI is InChI=1S/C13H28N4O2.HI/c1-6-8-15-11(14)16-9-10-17(7-2)12(18)19-13(3,4)5;/h6-10H2,1-5H3,(H3,14,15,16);1H. The van der Waals surface area contributed by atoms with Crippen LogP contribution in [0.3, 0.4) is 0 Å². The van der Waals surface area contributed by atoms with Crippen LogP contribution in [0.2, 0.25) is 0 Å². The molecule has 0 aromatic rings. The maximum atomic E-state index is 11.9. The Kier molecular flexibility index (Phi) is 11.8. The minimum Gasteiger partial charge on any atom is -0.444 e. The summed E-state index contributed by atoms with van der Waals surface area (Å²) >= 11 is 0. The first-order valence-corrected chi connectivity index (χ1v) is 6.81. The highest BCUT2D eigenvalue weighted by Crippen LogP contribution is 2.09. The van der Waals surface area contributed by atoms with Crippen molar-refractivity contribution in [2.75, 3.05) is 26.2 Å². The van der Waals surface area contributed by atoms with Crippen molar-refractivity contribution in [2.24, 2.45) is 10.7 Å². The number of hydrogen-bond acceptors (Lipinski definition) is 3. The largest absolute Gasteiger partial charge is 0.444 e. The van der Waals surface area contributed by atoms with Gasteiger partial charge in [-0.25, -0.2) is 4.79 Å². The molecule has 0 unspecified atom stereocenters. The number of guanidine groups is 1. The fraction of sp³-hybridized carbons (Fsp3) is 0.846. The lowest BCUT2D eigenvalue weighted by Crippen LogP contribution is -2.42. The Morgan fingerprint density at radius 2 is 1.95 bits per heavy atom. The van der Waals surface area contributed by atoms with Gasteiger partial charge in [-0.3, -0.25) is 4.99 Å². The zero-order valence-electron chi connectivity index (χ0n) is 13.2. The molecule has 0 fully saturated rings. The minimum absolute atomic E-state index is 0. The molecule has 0 radical (unpaired) electrons. The van der Waals surface area contributed by atoms with E-state index < -0.39 is 5.60 Å². The molecule has 120 valence electrons. The molecule has 0 aromatic carbocycles. The van der Waals surface area contributed by atoms with Crippen molar-refractivity contribution < 1.29 is 9.53 Å². The number of ether oxygens (including phenoxy) is 1. The first-order valence-electron chi connectivity index (χ1n) is 6.81. The molecule has 0 saturated heterocycles. The maximum Gasteiger partial charge on any atom is 0.410 e. The summed E-state index contributed by atoms with van der Waals surface area (Å²) in [5, 5.41) is 2.98. The third-order valence-corrected chi connectivity index (χ3v) is 2.23. The van der Waals surface area contributed by atoms with Crippen molar-refractivity contribution in [2.45, 2.75) is 46.6 Å². The van der Waals surface area contributed by atoms with E-state index in [1.54, 1.807) is 4.90 Å². The molecular formula is C13H29IN4O2. The highest BCUT2D eigenvalue weighted by molar-refractivity contribution is 14.0. The normalized spacial score (nSPS) is 11.6. The van der Waals surface area contributed by atoms with Gasteiger partial charge in [0.15, 0.2) is 5.96 Å². The predicted octanol–water partition coefficient (Wildman–Crippen LogP) is 2.18. The Bertz CT molecular complexity index is 303. The average Bonchev–Trinajstić information content (AvgIpc) is 2.29. The van der Waals surface area contributed by atoms with Crippen molar-refractivity contribution in [1.82, 2.24) is 10.2 Å². The predicted molar refractivity (Wildman–Crippen MR) is 93.7 cm³/mol. The summed E-state index contributed by atoms with van der Waals surface area (Å²) in [5.41, 5.74) is 5.20. The van der Waals surface area contributed by atoms with E-state index in [4.69, 9.17) is 10.5 Å². The molecule has 0 atom stereocenters. The van der Waals surface area contributed by atoms with Crippen LogP contribution in [0.15, 0.2) is 4.99 Å². The Balaban J connectivity index is 0. The Labute approximate surface area is 139 Å². The Hall–Kier alpha value is -0.730. The number of nitrogens with two attached hydrogens (primary N) is 1. The first-order chi connectivity index (χ1) is 8.80. The van der Waals surface area contributed by atoms with Crippen LogP contribution >= 0.6 is 24.0 Å². The summed E-state index contributed by atoms with van der Waals surface area (Å²) in [6.45, 7) is 11.9. The third-order valence-electron chi connectivity index (χ3n) is 2.23. The number of likely N-dealkylation sites (N-methyl/N-ethyl adjacent to an activating group) is 1. The third kappa shape index (κ3) is 11.1. The number of carbonyl (C=O) groups excluding carboxylic acids is 1. The summed E-state index contributed by atoms with van der Waals surface area (Å²) in [5.74, 6) is 0.419. The van der Waals surface area contributed by atoms with Crippen LogP contribution in [-0.4, -0.2) is 48.7 Å². The lowest BCUT2D eigenvalue weighted by atomic mass is 10.2. The van der Waals surface area contributed by atoms with E-state index in [-0.39, 0.29) is 30.1 Å². The van der Waals surface area contributed by atoms with Crippen molar-refractivity contribution in [3.05, 3.63) is 0 Å². The van der Waals surface area contributed by atoms with Gasteiger partial charge in [0.05, 0.1) is 0 Å². The molecule has 0 aromatic heterocycles. The second-order valence-corrected chi connectivity index (χ2v) is 5.25. The van der Waals surface area contributed by atoms with Crippen molar-refractivity contribution in [3.8, 4) is 0 Å². The van der Waals surface area contributed by atoms with E-state index in [1.165, 1.54) is 0 Å². The summed E-state index contributed by atoms with van der Waals surface area (Å²) in [6.07, 6.45) is 0.655. The van der Waals surface area contributed by atoms with Gasteiger partial charge in [0.25, 0.3) is 0 Å². The zero-order valence-corrected chi connectivity index (χ0v) is 15.6. The van der Waals surface area contributed by atoms with Gasteiger partial charge in [0.1, 0.15) is 5.60 Å². The molecule has 0 bridgehead atoms. The number of rotatable bonds is 6. The average molecular weight is 400 g/mol. The SMILES string of the molecule is CCCN=C(N)NCCN(CC)C(=O)OC(C)(C)C.I. The number of nitrogens with zero attached hydrogens (tertiary/aromatic N) is 2. The highest BCUT2D eigenvalue weighted by Gasteiger charge is 2.20. The Morgan fingerprint density at radius 1 is 1.35 bits per heavy atom. The van der Waals surface area contributed by atoms with Gasteiger partial charge >= 0.3 is 6.09 Å². The van der Waals surface area contributed by atoms with Gasteiger partial charge in [-0.2, -0.15) is 0 Å². The molecule has 6 nitrogen and oxygen atoms in total. The number of hydrogen-bond donors (Lipinski definition) is 2. The van der Waals surface area contributed by atoms with E-state index in [0.717, 1.165) is 6.42 Å². The van der Waals surface area contributed by atoms with Crippen LogP contribution in [0, 0.1) is 0 Å². The minimum atomic E-state index is -0.473. The fourth-order valence-corrected chi connectivity index (χ4v) is 1.31. The fourth-order valence-electron chi connectivity index (χ4n) is 1.31. The molecule has 0 spiro atoms. The van der Waals surface area contributed by atoms with Gasteiger partial charge < -0.3 is 20.7 Å².